The number of hydrogen-bond acceptors (Lipinski definition) is 5. The third-order valence-corrected chi connectivity index (χ3v) is 10.9. The molecule has 0 radical (unpaired) electrons. The van der Waals surface area contributed by atoms with Crippen molar-refractivity contribution in [2.45, 2.75) is 55.6 Å². The van der Waals surface area contributed by atoms with E-state index in [1.54, 1.807) is 12.1 Å². The summed E-state index contributed by atoms with van der Waals surface area (Å²) < 4.78 is 36.8. The Balaban J connectivity index is 1.21. The minimum atomic E-state index is -3.97. The van der Waals surface area contributed by atoms with Crippen molar-refractivity contribution in [3.63, 3.8) is 0 Å². The molecule has 1 fully saturated rings. The van der Waals surface area contributed by atoms with Crippen LogP contribution in [0.2, 0.25) is 0 Å². The molecule has 8 heteroatoms. The van der Waals surface area contributed by atoms with E-state index in [2.05, 4.69) is 21.8 Å². The summed E-state index contributed by atoms with van der Waals surface area (Å²) in [5, 5.41) is 1.79. The van der Waals surface area contributed by atoms with Crippen molar-refractivity contribution in [1.29, 1.82) is 0 Å². The van der Waals surface area contributed by atoms with Crippen molar-refractivity contribution >= 4 is 32.4 Å². The molecule has 2 aliphatic heterocycles. The van der Waals surface area contributed by atoms with Gasteiger partial charge < -0.3 is 9.64 Å². The second-order valence-corrected chi connectivity index (χ2v) is 14.5. The molecule has 2 atom stereocenters. The summed E-state index contributed by atoms with van der Waals surface area (Å²) in [4.78, 5) is 19.2. The number of benzene rings is 5. The van der Waals surface area contributed by atoms with Gasteiger partial charge in [-0.2, -0.15) is 0 Å². The molecule has 5 aromatic rings. The minimum Gasteiger partial charge on any atom is -0.493 e. The lowest BCUT2D eigenvalue weighted by Crippen LogP contribution is -2.40. The molecule has 0 aromatic heterocycles. The van der Waals surface area contributed by atoms with Gasteiger partial charge in [0.25, 0.3) is 0 Å². The topological polar surface area (TPSA) is 79.0 Å². The minimum absolute atomic E-state index is 0.0636. The van der Waals surface area contributed by atoms with E-state index in [0.29, 0.717) is 13.0 Å². The third kappa shape index (κ3) is 7.16. The number of fused-ring (bicyclic) bond motifs is 2. The van der Waals surface area contributed by atoms with Gasteiger partial charge >= 0.3 is 0 Å². The first-order valence-corrected chi connectivity index (χ1v) is 18.3. The number of sulfonamides is 1. The van der Waals surface area contributed by atoms with Gasteiger partial charge in [-0.25, -0.2) is 13.1 Å². The Bertz CT molecular complexity index is 1980. The summed E-state index contributed by atoms with van der Waals surface area (Å²) >= 11 is 0. The lowest BCUT2D eigenvalue weighted by Gasteiger charge is -2.37. The molecule has 0 saturated carbocycles. The first kappa shape index (κ1) is 32.1. The molecule has 1 amide bonds. The fourth-order valence-electron chi connectivity index (χ4n) is 7.03. The highest BCUT2D eigenvalue weighted by molar-refractivity contribution is 7.89. The van der Waals surface area contributed by atoms with Crippen LogP contribution in [0.5, 0.6) is 5.75 Å². The Labute approximate surface area is 283 Å². The Morgan fingerprint density at radius 2 is 1.52 bits per heavy atom. The Morgan fingerprint density at radius 3 is 2.29 bits per heavy atom. The molecule has 246 valence electrons. The average Bonchev–Trinajstić information content (AvgIpc) is 3.12. The molecule has 5 aromatic carbocycles. The monoisotopic (exact) mass is 659 g/mol. The molecule has 1 N–H and O–H groups in total. The number of amides is 1. The maximum absolute atomic E-state index is 14.7. The van der Waals surface area contributed by atoms with E-state index >= 15 is 0 Å². The van der Waals surface area contributed by atoms with Gasteiger partial charge in [0.1, 0.15) is 5.75 Å². The summed E-state index contributed by atoms with van der Waals surface area (Å²) in [6.07, 6.45) is 4.29. The summed E-state index contributed by atoms with van der Waals surface area (Å²) in [6, 6.07) is 37.1. The molecule has 48 heavy (non-hydrogen) atoms. The van der Waals surface area contributed by atoms with Gasteiger partial charge in [0, 0.05) is 30.6 Å². The van der Waals surface area contributed by atoms with Gasteiger partial charge in [0.15, 0.2) is 0 Å². The van der Waals surface area contributed by atoms with Gasteiger partial charge in [-0.3, -0.25) is 9.69 Å². The van der Waals surface area contributed by atoms with Crippen LogP contribution >= 0.6 is 0 Å². The van der Waals surface area contributed by atoms with E-state index in [1.165, 1.54) is 24.8 Å². The molecule has 2 unspecified atom stereocenters. The summed E-state index contributed by atoms with van der Waals surface area (Å²) in [6.45, 7) is 3.55. The number of nitrogens with one attached hydrogen (secondary N) is 1. The van der Waals surface area contributed by atoms with Crippen molar-refractivity contribution in [2.24, 2.45) is 0 Å². The largest absolute Gasteiger partial charge is 0.493 e. The number of piperidine rings is 1. The quantitative estimate of drug-likeness (QED) is 0.166. The van der Waals surface area contributed by atoms with Crippen molar-refractivity contribution < 1.29 is 17.9 Å². The van der Waals surface area contributed by atoms with Crippen LogP contribution in [0, 0.1) is 0 Å². The summed E-state index contributed by atoms with van der Waals surface area (Å²) in [5.41, 5.74) is 3.68. The molecule has 0 bridgehead atoms. The van der Waals surface area contributed by atoms with Crippen LogP contribution in [0.4, 0.5) is 5.69 Å². The molecule has 0 aliphatic carbocycles. The maximum Gasteiger partial charge on any atom is 0.241 e. The van der Waals surface area contributed by atoms with E-state index in [4.69, 9.17) is 4.74 Å². The highest BCUT2D eigenvalue weighted by Gasteiger charge is 2.34. The fraction of sp³-hybridized carbons (Fsp3) is 0.275. The van der Waals surface area contributed by atoms with Crippen LogP contribution in [0.1, 0.15) is 60.9 Å². The number of ether oxygens (including phenoxy) is 1. The number of nitrogens with zero attached hydrogens (tertiary/aromatic N) is 2. The number of likely N-dealkylation sites (tertiary alicyclic amines) is 1. The van der Waals surface area contributed by atoms with Crippen LogP contribution in [-0.2, 0) is 21.4 Å². The number of hydrogen-bond donors (Lipinski definition) is 1. The zero-order chi connectivity index (χ0) is 32.9. The number of para-hydroxylation sites is 1. The van der Waals surface area contributed by atoms with Gasteiger partial charge in [0.05, 0.1) is 23.6 Å². The highest BCUT2D eigenvalue weighted by Crippen LogP contribution is 2.40. The van der Waals surface area contributed by atoms with E-state index in [9.17, 15) is 13.2 Å². The van der Waals surface area contributed by atoms with E-state index in [-0.39, 0.29) is 23.3 Å². The second kappa shape index (κ2) is 14.3. The second-order valence-electron chi connectivity index (χ2n) is 12.8. The predicted octanol–water partition coefficient (Wildman–Crippen LogP) is 7.79. The van der Waals surface area contributed by atoms with E-state index in [0.717, 1.165) is 53.0 Å². The lowest BCUT2D eigenvalue weighted by molar-refractivity contribution is -0.119. The van der Waals surface area contributed by atoms with Crippen LogP contribution in [0.15, 0.2) is 126 Å². The number of carbonyl (C=O) groups excluding carboxylic acids is 1. The van der Waals surface area contributed by atoms with Gasteiger partial charge in [0.2, 0.25) is 15.9 Å². The van der Waals surface area contributed by atoms with Crippen LogP contribution in [0.3, 0.4) is 0 Å². The molecule has 7 rings (SSSR count). The molecule has 2 heterocycles. The first-order chi connectivity index (χ1) is 23.4. The van der Waals surface area contributed by atoms with Crippen LogP contribution in [-0.4, -0.2) is 38.9 Å². The fourth-order valence-corrected chi connectivity index (χ4v) is 8.29. The standard InChI is InChI=1S/C40H41N3O4S/c44-40(28-37(32-13-4-1-5-14-32)41-48(45,46)35-20-19-31-12-8-9-15-33(31)27-35)43(34-16-6-2-7-17-34)38-22-25-47-39-21-18-30(26-36(38)39)29-42-23-10-3-11-24-42/h1-2,4-9,12-21,26-27,37-38,41H,3,10-11,22-25,28-29H2. The Kier molecular flexibility index (Phi) is 9.57. The molecular formula is C40H41N3O4S. The molecule has 7 nitrogen and oxygen atoms in total. The SMILES string of the molecule is O=C(CC(NS(=O)(=O)c1ccc2ccccc2c1)c1ccccc1)N(c1ccccc1)C1CCOc2ccc(CN3CCCCC3)cc21. The zero-order valence-electron chi connectivity index (χ0n) is 27.0. The van der Waals surface area contributed by atoms with Gasteiger partial charge in [-0.05, 0) is 84.2 Å². The van der Waals surface area contributed by atoms with Crippen molar-refractivity contribution in [1.82, 2.24) is 9.62 Å². The Hall–Kier alpha value is -4.50. The first-order valence-electron chi connectivity index (χ1n) is 16.9. The average molecular weight is 660 g/mol. The van der Waals surface area contributed by atoms with E-state index < -0.39 is 16.1 Å². The molecular weight excluding hydrogens is 619 g/mol. The van der Waals surface area contributed by atoms with Gasteiger partial charge in [-0.15, -0.1) is 0 Å². The van der Waals surface area contributed by atoms with Crippen LogP contribution in [0.25, 0.3) is 10.8 Å². The number of anilines is 1. The molecule has 2 aliphatic rings. The van der Waals surface area contributed by atoms with Gasteiger partial charge in [-0.1, -0.05) is 91.3 Å². The van der Waals surface area contributed by atoms with Crippen molar-refractivity contribution in [3.8, 4) is 5.75 Å². The summed E-state index contributed by atoms with van der Waals surface area (Å²) in [5.74, 6) is 0.620. The molecule has 0 spiro atoms. The zero-order valence-corrected chi connectivity index (χ0v) is 27.8. The Morgan fingerprint density at radius 1 is 0.812 bits per heavy atom. The third-order valence-electron chi connectivity index (χ3n) is 9.46. The lowest BCUT2D eigenvalue weighted by atomic mass is 9.94. The number of rotatable bonds is 10. The summed E-state index contributed by atoms with van der Waals surface area (Å²) in [7, 11) is -3.97. The van der Waals surface area contributed by atoms with Crippen molar-refractivity contribution in [3.05, 3.63) is 138 Å². The maximum atomic E-state index is 14.7. The predicted molar refractivity (Wildman–Crippen MR) is 190 cm³/mol. The van der Waals surface area contributed by atoms with Crippen LogP contribution < -0.4 is 14.4 Å². The van der Waals surface area contributed by atoms with E-state index in [1.807, 2.05) is 102 Å². The van der Waals surface area contributed by atoms with Crippen molar-refractivity contribution in [2.75, 3.05) is 24.6 Å². The molecule has 1 saturated heterocycles. The highest BCUT2D eigenvalue weighted by atomic mass is 32.2. The smallest absolute Gasteiger partial charge is 0.241 e. The number of carbonyl (C=O) groups is 1. The normalized spacial score (nSPS) is 17.3.